The Kier molecular flexibility index (Phi) is 5.72. The molecule has 0 spiro atoms. The zero-order chi connectivity index (χ0) is 23.1. The van der Waals surface area contributed by atoms with E-state index < -0.39 is 0 Å². The van der Waals surface area contributed by atoms with Crippen LogP contribution in [0.4, 0.5) is 10.8 Å². The summed E-state index contributed by atoms with van der Waals surface area (Å²) in [7, 11) is 0. The highest BCUT2D eigenvalue weighted by Gasteiger charge is 2.32. The van der Waals surface area contributed by atoms with Crippen LogP contribution in [0.3, 0.4) is 0 Å². The molecule has 1 unspecified atom stereocenters. The number of amides is 3. The number of fused-ring (bicyclic) bond motifs is 1. The molecule has 3 aromatic rings. The Morgan fingerprint density at radius 1 is 1.18 bits per heavy atom. The number of benzene rings is 2. The summed E-state index contributed by atoms with van der Waals surface area (Å²) >= 11 is 1.49. The van der Waals surface area contributed by atoms with E-state index in [1.54, 1.807) is 29.2 Å². The monoisotopic (exact) mass is 463 g/mol. The van der Waals surface area contributed by atoms with E-state index in [1.807, 2.05) is 13.8 Å². The van der Waals surface area contributed by atoms with Crippen LogP contribution in [0, 0.1) is 13.8 Å². The minimum atomic E-state index is -0.238. The van der Waals surface area contributed by atoms with Crippen molar-refractivity contribution in [3.63, 3.8) is 0 Å². The summed E-state index contributed by atoms with van der Waals surface area (Å²) in [4.78, 5) is 45.8. The number of anilines is 2. The minimum absolute atomic E-state index is 0.0475. The summed E-state index contributed by atoms with van der Waals surface area (Å²) in [6.07, 6.45) is 2.22. The molecule has 2 saturated heterocycles. The lowest BCUT2D eigenvalue weighted by molar-refractivity contribution is -0.121. The molecule has 0 saturated carbocycles. The fourth-order valence-electron chi connectivity index (χ4n) is 4.51. The number of carbonyl (C=O) groups is 3. The average molecular weight is 464 g/mol. The van der Waals surface area contributed by atoms with Gasteiger partial charge in [0.25, 0.3) is 5.91 Å². The number of carbonyl (C=O) groups excluding carboxylic acids is 3. The summed E-state index contributed by atoms with van der Waals surface area (Å²) in [6, 6.07) is 10.9. The van der Waals surface area contributed by atoms with Gasteiger partial charge in [-0.3, -0.25) is 24.2 Å². The molecule has 0 radical (unpaired) electrons. The highest BCUT2D eigenvalue weighted by Crippen LogP contribution is 2.34. The van der Waals surface area contributed by atoms with Gasteiger partial charge in [0.2, 0.25) is 11.8 Å². The molecular weight excluding hydrogens is 438 g/mol. The standard InChI is InChI=1S/C25H25N3O4S/c1-15-11-16(2)23-20(12-15)33-25(26-23)27(14-19-7-4-10-32-19)24(31)17-5-3-6-18(13-17)28-21(29)8-9-22(28)30/h3,5-6,11-13,19H,4,7-10,14H2,1-2H3. The predicted octanol–water partition coefficient (Wildman–Crippen LogP) is 4.39. The van der Waals surface area contributed by atoms with Crippen molar-refractivity contribution < 1.29 is 19.1 Å². The molecule has 8 heteroatoms. The van der Waals surface area contributed by atoms with Crippen molar-refractivity contribution in [1.29, 1.82) is 0 Å². The number of nitrogens with zero attached hydrogens (tertiary/aromatic N) is 3. The maximum atomic E-state index is 13.7. The molecule has 3 heterocycles. The van der Waals surface area contributed by atoms with Crippen molar-refractivity contribution in [2.75, 3.05) is 23.0 Å². The van der Waals surface area contributed by atoms with Gasteiger partial charge in [-0.05, 0) is 62.1 Å². The Balaban J connectivity index is 1.52. The van der Waals surface area contributed by atoms with Crippen molar-refractivity contribution in [2.45, 2.75) is 45.6 Å². The molecule has 2 aliphatic heterocycles. The van der Waals surface area contributed by atoms with Crippen molar-refractivity contribution in [3.8, 4) is 0 Å². The first-order valence-corrected chi connectivity index (χ1v) is 12.0. The molecule has 5 rings (SSSR count). The number of imide groups is 1. The van der Waals surface area contributed by atoms with Crippen LogP contribution in [-0.4, -0.2) is 42.0 Å². The van der Waals surface area contributed by atoms with Gasteiger partial charge in [0.15, 0.2) is 5.13 Å². The summed E-state index contributed by atoms with van der Waals surface area (Å²) in [5.74, 6) is -0.699. The van der Waals surface area contributed by atoms with E-state index in [-0.39, 0.29) is 36.7 Å². The highest BCUT2D eigenvalue weighted by atomic mass is 32.1. The van der Waals surface area contributed by atoms with E-state index in [9.17, 15) is 14.4 Å². The third-order valence-corrected chi connectivity index (χ3v) is 7.13. The van der Waals surface area contributed by atoms with Crippen LogP contribution >= 0.6 is 11.3 Å². The normalized spacial score (nSPS) is 18.5. The molecule has 0 aliphatic carbocycles. The first-order valence-electron chi connectivity index (χ1n) is 11.2. The maximum Gasteiger partial charge on any atom is 0.260 e. The lowest BCUT2D eigenvalue weighted by Gasteiger charge is -2.23. The quantitative estimate of drug-likeness (QED) is 0.524. The van der Waals surface area contributed by atoms with Crippen LogP contribution in [0.5, 0.6) is 0 Å². The fourth-order valence-corrected chi connectivity index (χ4v) is 5.66. The zero-order valence-electron chi connectivity index (χ0n) is 18.7. The molecule has 2 fully saturated rings. The van der Waals surface area contributed by atoms with E-state index in [0.29, 0.717) is 29.5 Å². The van der Waals surface area contributed by atoms with Crippen molar-refractivity contribution in [3.05, 3.63) is 53.1 Å². The van der Waals surface area contributed by atoms with Crippen LogP contribution < -0.4 is 9.80 Å². The molecule has 2 aromatic carbocycles. The van der Waals surface area contributed by atoms with Crippen LogP contribution in [0.2, 0.25) is 0 Å². The molecule has 1 atom stereocenters. The zero-order valence-corrected chi connectivity index (χ0v) is 19.5. The van der Waals surface area contributed by atoms with Gasteiger partial charge in [0.1, 0.15) is 0 Å². The first kappa shape index (κ1) is 21.7. The number of hydrogen-bond acceptors (Lipinski definition) is 6. The van der Waals surface area contributed by atoms with E-state index in [4.69, 9.17) is 9.72 Å². The van der Waals surface area contributed by atoms with Crippen LogP contribution in [-0.2, 0) is 14.3 Å². The fraction of sp³-hybridized carbons (Fsp3) is 0.360. The number of thiazole rings is 1. The van der Waals surface area contributed by atoms with Crippen LogP contribution in [0.15, 0.2) is 36.4 Å². The molecule has 2 aliphatic rings. The molecular formula is C25H25N3O4S. The van der Waals surface area contributed by atoms with Gasteiger partial charge in [-0.2, -0.15) is 0 Å². The number of aromatic nitrogens is 1. The van der Waals surface area contributed by atoms with E-state index in [1.165, 1.54) is 16.2 Å². The molecule has 0 N–H and O–H groups in total. The van der Waals surface area contributed by atoms with E-state index in [2.05, 4.69) is 12.1 Å². The van der Waals surface area contributed by atoms with Crippen molar-refractivity contribution >= 4 is 50.1 Å². The number of ether oxygens (including phenoxy) is 1. The highest BCUT2D eigenvalue weighted by molar-refractivity contribution is 7.22. The van der Waals surface area contributed by atoms with Crippen LogP contribution in [0.25, 0.3) is 10.2 Å². The second kappa shape index (κ2) is 8.68. The SMILES string of the molecule is Cc1cc(C)c2nc(N(CC3CCCO3)C(=O)c3cccc(N4C(=O)CCC4=O)c3)sc2c1. The number of aryl methyl sites for hydroxylation is 2. The van der Waals surface area contributed by atoms with Gasteiger partial charge >= 0.3 is 0 Å². The third-order valence-electron chi connectivity index (χ3n) is 6.11. The third kappa shape index (κ3) is 4.16. The molecule has 1 aromatic heterocycles. The Hall–Kier alpha value is -3.10. The molecule has 0 bridgehead atoms. The van der Waals surface area contributed by atoms with Crippen molar-refractivity contribution in [2.24, 2.45) is 0 Å². The lowest BCUT2D eigenvalue weighted by atomic mass is 10.1. The van der Waals surface area contributed by atoms with Gasteiger partial charge in [-0.25, -0.2) is 4.98 Å². The topological polar surface area (TPSA) is 79.8 Å². The summed E-state index contributed by atoms with van der Waals surface area (Å²) < 4.78 is 6.86. The first-order chi connectivity index (χ1) is 15.9. The Morgan fingerprint density at radius 2 is 1.97 bits per heavy atom. The molecule has 3 amide bonds. The van der Waals surface area contributed by atoms with Gasteiger partial charge < -0.3 is 4.74 Å². The lowest BCUT2D eigenvalue weighted by Crippen LogP contribution is -2.37. The van der Waals surface area contributed by atoms with E-state index >= 15 is 0 Å². The summed E-state index contributed by atoms with van der Waals surface area (Å²) in [5.41, 5.74) is 3.96. The van der Waals surface area contributed by atoms with Gasteiger partial charge in [0.05, 0.1) is 28.6 Å². The Morgan fingerprint density at radius 3 is 2.70 bits per heavy atom. The predicted molar refractivity (Wildman–Crippen MR) is 128 cm³/mol. The molecule has 170 valence electrons. The largest absolute Gasteiger partial charge is 0.376 e. The second-order valence-electron chi connectivity index (χ2n) is 8.65. The summed E-state index contributed by atoms with van der Waals surface area (Å²) in [5, 5.41) is 0.623. The van der Waals surface area contributed by atoms with Crippen molar-refractivity contribution in [1.82, 2.24) is 4.98 Å². The van der Waals surface area contributed by atoms with E-state index in [0.717, 1.165) is 34.2 Å². The summed E-state index contributed by atoms with van der Waals surface area (Å²) in [6.45, 7) is 5.17. The minimum Gasteiger partial charge on any atom is -0.376 e. The second-order valence-corrected chi connectivity index (χ2v) is 9.66. The van der Waals surface area contributed by atoms with Gasteiger partial charge in [-0.15, -0.1) is 0 Å². The van der Waals surface area contributed by atoms with Gasteiger partial charge in [0, 0.05) is 25.0 Å². The van der Waals surface area contributed by atoms with Gasteiger partial charge in [-0.1, -0.05) is 23.5 Å². The smallest absolute Gasteiger partial charge is 0.260 e. The van der Waals surface area contributed by atoms with Crippen LogP contribution in [0.1, 0.15) is 47.2 Å². The number of rotatable bonds is 5. The Labute approximate surface area is 196 Å². The number of hydrogen-bond donors (Lipinski definition) is 0. The Bertz CT molecular complexity index is 1250. The maximum absolute atomic E-state index is 13.7. The molecule has 33 heavy (non-hydrogen) atoms. The average Bonchev–Trinajstić information content (AvgIpc) is 3.52. The molecule has 7 nitrogen and oxygen atoms in total.